The van der Waals surface area contributed by atoms with Crippen molar-refractivity contribution in [3.8, 4) is 0 Å². The van der Waals surface area contributed by atoms with Crippen molar-refractivity contribution in [1.29, 1.82) is 0 Å². The summed E-state index contributed by atoms with van der Waals surface area (Å²) < 4.78 is 6.91. The van der Waals surface area contributed by atoms with Crippen molar-refractivity contribution in [3.05, 3.63) is 35.2 Å². The third kappa shape index (κ3) is 3.20. The smallest absolute Gasteiger partial charge is 0.0836 e. The van der Waals surface area contributed by atoms with Crippen LogP contribution in [0.4, 0.5) is 0 Å². The maximum Gasteiger partial charge on any atom is 0.0836 e. The molecule has 1 aromatic heterocycles. The number of hydrogen-bond donors (Lipinski definition) is 1. The zero-order valence-electron chi connectivity index (χ0n) is 12.0. The summed E-state index contributed by atoms with van der Waals surface area (Å²) in [5.74, 6) is 0. The molecule has 1 aliphatic heterocycles. The van der Waals surface area contributed by atoms with Gasteiger partial charge in [0.05, 0.1) is 19.4 Å². The molecule has 1 saturated heterocycles. The van der Waals surface area contributed by atoms with Gasteiger partial charge >= 0.3 is 0 Å². The van der Waals surface area contributed by atoms with E-state index >= 15 is 0 Å². The van der Waals surface area contributed by atoms with Crippen molar-refractivity contribution in [2.24, 2.45) is 0 Å². The Morgan fingerprint density at radius 2 is 2.30 bits per heavy atom. The molecule has 1 atom stereocenters. The first-order valence-corrected chi connectivity index (χ1v) is 8.19. The van der Waals surface area contributed by atoms with Crippen molar-refractivity contribution in [3.63, 3.8) is 0 Å². The van der Waals surface area contributed by atoms with E-state index in [0.29, 0.717) is 6.17 Å². The lowest BCUT2D eigenvalue weighted by molar-refractivity contribution is 0.0191. The number of ether oxygens (including phenoxy) is 1. The molecule has 1 N–H and O–H groups in total. The van der Waals surface area contributed by atoms with E-state index in [-0.39, 0.29) is 0 Å². The Morgan fingerprint density at radius 3 is 3.15 bits per heavy atom. The summed E-state index contributed by atoms with van der Waals surface area (Å²) in [6.45, 7) is 3.71. The van der Waals surface area contributed by atoms with E-state index in [1.165, 1.54) is 22.1 Å². The SMILES string of the molecule is CN(CCCc1csc2ccccc12)C1COCCN1. The predicted octanol–water partition coefficient (Wildman–Crippen LogP) is 2.71. The molecule has 0 saturated carbocycles. The molecule has 0 spiro atoms. The van der Waals surface area contributed by atoms with Gasteiger partial charge < -0.3 is 4.74 Å². The second-order valence-corrected chi connectivity index (χ2v) is 6.30. The number of nitrogens with one attached hydrogen (secondary N) is 1. The van der Waals surface area contributed by atoms with Crippen molar-refractivity contribution < 1.29 is 4.74 Å². The van der Waals surface area contributed by atoms with E-state index in [4.69, 9.17) is 4.74 Å². The van der Waals surface area contributed by atoms with Gasteiger partial charge in [-0.2, -0.15) is 0 Å². The summed E-state index contributed by atoms with van der Waals surface area (Å²) >= 11 is 1.85. The molecule has 1 aliphatic rings. The molecule has 3 rings (SSSR count). The molecule has 2 aromatic rings. The lowest BCUT2D eigenvalue weighted by atomic mass is 10.1. The van der Waals surface area contributed by atoms with Crippen LogP contribution in [0.1, 0.15) is 12.0 Å². The van der Waals surface area contributed by atoms with E-state index in [9.17, 15) is 0 Å². The van der Waals surface area contributed by atoms with E-state index < -0.39 is 0 Å². The van der Waals surface area contributed by atoms with Crippen LogP contribution in [0.25, 0.3) is 10.1 Å². The van der Waals surface area contributed by atoms with Crippen molar-refractivity contribution in [2.75, 3.05) is 33.4 Å². The van der Waals surface area contributed by atoms with Gasteiger partial charge in [0, 0.05) is 11.2 Å². The number of rotatable bonds is 5. The molecular weight excluding hydrogens is 268 g/mol. The molecule has 0 amide bonds. The van der Waals surface area contributed by atoms with Crippen LogP contribution in [0.5, 0.6) is 0 Å². The van der Waals surface area contributed by atoms with Crippen molar-refractivity contribution in [2.45, 2.75) is 19.0 Å². The number of morpholine rings is 1. The van der Waals surface area contributed by atoms with Gasteiger partial charge in [-0.1, -0.05) is 18.2 Å². The van der Waals surface area contributed by atoms with Crippen LogP contribution in [0.3, 0.4) is 0 Å². The zero-order valence-corrected chi connectivity index (χ0v) is 12.8. The lowest BCUT2D eigenvalue weighted by Crippen LogP contribution is -2.51. The third-order valence-electron chi connectivity index (χ3n) is 3.95. The van der Waals surface area contributed by atoms with Gasteiger partial charge in [0.1, 0.15) is 0 Å². The molecule has 3 nitrogen and oxygen atoms in total. The Labute approximate surface area is 124 Å². The molecule has 2 heterocycles. The normalized spacial score (nSPS) is 19.8. The van der Waals surface area contributed by atoms with Gasteiger partial charge in [0.15, 0.2) is 0 Å². The van der Waals surface area contributed by atoms with E-state index in [1.54, 1.807) is 0 Å². The number of aryl methyl sites for hydroxylation is 1. The summed E-state index contributed by atoms with van der Waals surface area (Å²) in [6.07, 6.45) is 2.72. The highest BCUT2D eigenvalue weighted by Crippen LogP contribution is 2.26. The highest BCUT2D eigenvalue weighted by molar-refractivity contribution is 7.17. The largest absolute Gasteiger partial charge is 0.377 e. The Balaban J connectivity index is 1.52. The Morgan fingerprint density at radius 1 is 1.40 bits per heavy atom. The van der Waals surface area contributed by atoms with Gasteiger partial charge in [-0.15, -0.1) is 11.3 Å². The standard InChI is InChI=1S/C16H22N2OS/c1-18(16-11-19-10-8-17-16)9-4-5-13-12-20-15-7-3-2-6-14(13)15/h2-3,6-7,12,16-17H,4-5,8-11H2,1H3. The Hall–Kier alpha value is -0.940. The minimum atomic E-state index is 0.378. The number of hydrogen-bond acceptors (Lipinski definition) is 4. The van der Waals surface area contributed by atoms with Crippen molar-refractivity contribution in [1.82, 2.24) is 10.2 Å². The fourth-order valence-corrected chi connectivity index (χ4v) is 3.73. The van der Waals surface area contributed by atoms with Crippen LogP contribution in [-0.2, 0) is 11.2 Å². The highest BCUT2D eigenvalue weighted by Gasteiger charge is 2.17. The molecule has 1 aromatic carbocycles. The number of likely N-dealkylation sites (N-methyl/N-ethyl adjacent to an activating group) is 1. The Kier molecular flexibility index (Phi) is 4.68. The van der Waals surface area contributed by atoms with Crippen LogP contribution in [-0.4, -0.2) is 44.4 Å². The van der Waals surface area contributed by atoms with Gasteiger partial charge in [-0.25, -0.2) is 0 Å². The van der Waals surface area contributed by atoms with Gasteiger partial charge in [-0.3, -0.25) is 10.2 Å². The van der Waals surface area contributed by atoms with Gasteiger partial charge in [0.2, 0.25) is 0 Å². The summed E-state index contributed by atoms with van der Waals surface area (Å²) in [5, 5.41) is 7.24. The number of thiophene rings is 1. The van der Waals surface area contributed by atoms with Crippen LogP contribution in [0.15, 0.2) is 29.6 Å². The molecule has 20 heavy (non-hydrogen) atoms. The van der Waals surface area contributed by atoms with Crippen molar-refractivity contribution >= 4 is 21.4 Å². The monoisotopic (exact) mass is 290 g/mol. The Bertz CT molecular complexity index is 548. The van der Waals surface area contributed by atoms with Crippen LogP contribution in [0.2, 0.25) is 0 Å². The topological polar surface area (TPSA) is 24.5 Å². The van der Waals surface area contributed by atoms with E-state index in [1.807, 2.05) is 11.3 Å². The van der Waals surface area contributed by atoms with E-state index in [2.05, 4.69) is 46.9 Å². The number of nitrogens with zero attached hydrogens (tertiary/aromatic N) is 1. The van der Waals surface area contributed by atoms with Gasteiger partial charge in [-0.05, 0) is 48.8 Å². The van der Waals surface area contributed by atoms with Crippen LogP contribution in [0, 0.1) is 0 Å². The average Bonchev–Trinajstić information content (AvgIpc) is 2.92. The average molecular weight is 290 g/mol. The maximum absolute atomic E-state index is 5.51. The molecule has 0 aliphatic carbocycles. The molecule has 0 radical (unpaired) electrons. The highest BCUT2D eigenvalue weighted by atomic mass is 32.1. The molecule has 4 heteroatoms. The molecule has 108 valence electrons. The maximum atomic E-state index is 5.51. The second kappa shape index (κ2) is 6.68. The molecular formula is C16H22N2OS. The second-order valence-electron chi connectivity index (χ2n) is 5.39. The quantitative estimate of drug-likeness (QED) is 0.916. The summed E-state index contributed by atoms with van der Waals surface area (Å²) in [6, 6.07) is 8.69. The summed E-state index contributed by atoms with van der Waals surface area (Å²) in [5.41, 5.74) is 1.49. The molecule has 1 unspecified atom stereocenters. The minimum absolute atomic E-state index is 0.378. The lowest BCUT2D eigenvalue weighted by Gasteiger charge is -2.32. The molecule has 0 bridgehead atoms. The third-order valence-corrected chi connectivity index (χ3v) is 4.96. The van der Waals surface area contributed by atoms with Gasteiger partial charge in [0.25, 0.3) is 0 Å². The van der Waals surface area contributed by atoms with Crippen LogP contribution >= 0.6 is 11.3 Å². The minimum Gasteiger partial charge on any atom is -0.377 e. The fourth-order valence-electron chi connectivity index (χ4n) is 2.74. The van der Waals surface area contributed by atoms with Crippen LogP contribution < -0.4 is 5.32 Å². The van der Waals surface area contributed by atoms with E-state index in [0.717, 1.165) is 32.7 Å². The number of fused-ring (bicyclic) bond motifs is 1. The first-order valence-electron chi connectivity index (χ1n) is 7.31. The molecule has 1 fully saturated rings. The number of benzene rings is 1. The first-order chi connectivity index (χ1) is 9.84. The zero-order chi connectivity index (χ0) is 13.8. The fraction of sp³-hybridized carbons (Fsp3) is 0.500. The summed E-state index contributed by atoms with van der Waals surface area (Å²) in [7, 11) is 2.18. The summed E-state index contributed by atoms with van der Waals surface area (Å²) in [4.78, 5) is 2.37. The predicted molar refractivity (Wildman–Crippen MR) is 85.4 cm³/mol. The first kappa shape index (κ1) is 14.0.